The number of hydrogen-bond acceptors (Lipinski definition) is 6. The fourth-order valence-corrected chi connectivity index (χ4v) is 6.29. The van der Waals surface area contributed by atoms with Crippen LogP contribution in [-0.2, 0) is 32.0 Å². The van der Waals surface area contributed by atoms with Crippen molar-refractivity contribution >= 4 is 17.5 Å². The van der Waals surface area contributed by atoms with Crippen molar-refractivity contribution in [3.05, 3.63) is 59.2 Å². The lowest BCUT2D eigenvalue weighted by Gasteiger charge is -2.41. The van der Waals surface area contributed by atoms with Gasteiger partial charge in [0.05, 0.1) is 44.4 Å². The molecule has 0 aliphatic carbocycles. The Bertz CT molecular complexity index is 1160. The number of aliphatic hydroxyl groups is 1. The average Bonchev–Trinajstić information content (AvgIpc) is 3.04. The number of carbonyl (C=O) groups is 2. The van der Waals surface area contributed by atoms with E-state index in [1.165, 1.54) is 11.1 Å². The van der Waals surface area contributed by atoms with Gasteiger partial charge in [0.25, 0.3) is 0 Å². The van der Waals surface area contributed by atoms with Crippen LogP contribution < -0.4 is 10.1 Å². The Kier molecular flexibility index (Phi) is 6.88. The van der Waals surface area contributed by atoms with Crippen LogP contribution in [-0.4, -0.2) is 66.5 Å². The summed E-state index contributed by atoms with van der Waals surface area (Å²) in [4.78, 5) is 28.5. The molecule has 2 saturated heterocycles. The molecule has 4 atom stereocenters. The third-order valence-corrected chi connectivity index (χ3v) is 8.23. The maximum absolute atomic E-state index is 13.3. The molecular weight excluding hydrogens is 472 g/mol. The van der Waals surface area contributed by atoms with Gasteiger partial charge in [0.1, 0.15) is 11.9 Å². The van der Waals surface area contributed by atoms with Gasteiger partial charge in [-0.2, -0.15) is 0 Å². The van der Waals surface area contributed by atoms with Gasteiger partial charge in [-0.25, -0.2) is 0 Å². The maximum Gasteiger partial charge on any atom is 0.230 e. The Morgan fingerprint density at radius 3 is 2.76 bits per heavy atom. The highest BCUT2D eigenvalue weighted by molar-refractivity contribution is 5.95. The molecule has 2 N–H and O–H groups in total. The van der Waals surface area contributed by atoms with E-state index >= 15 is 0 Å². The minimum atomic E-state index is -0.691. The predicted octanol–water partition coefficient (Wildman–Crippen LogP) is 3.02. The lowest BCUT2D eigenvalue weighted by molar-refractivity contribution is -0.152. The van der Waals surface area contributed by atoms with Crippen LogP contribution in [0, 0.1) is 5.92 Å². The molecule has 2 amide bonds. The van der Waals surface area contributed by atoms with E-state index in [4.69, 9.17) is 14.2 Å². The van der Waals surface area contributed by atoms with E-state index in [1.807, 2.05) is 35.2 Å². The Morgan fingerprint density at radius 1 is 1.14 bits per heavy atom. The van der Waals surface area contributed by atoms with E-state index in [0.29, 0.717) is 38.4 Å². The fraction of sp³-hybridized carbons (Fsp3) is 0.517. The van der Waals surface area contributed by atoms with Crippen molar-refractivity contribution in [2.45, 2.75) is 62.9 Å². The highest BCUT2D eigenvalue weighted by Gasteiger charge is 2.46. The first-order valence-electron chi connectivity index (χ1n) is 13.4. The molecule has 4 heterocycles. The first-order valence-corrected chi connectivity index (χ1v) is 13.4. The highest BCUT2D eigenvalue weighted by atomic mass is 16.5. The number of anilines is 1. The Labute approximate surface area is 216 Å². The average molecular weight is 507 g/mol. The van der Waals surface area contributed by atoms with Gasteiger partial charge in [-0.05, 0) is 42.2 Å². The molecule has 8 heteroatoms. The molecule has 2 fully saturated rings. The summed E-state index contributed by atoms with van der Waals surface area (Å²) in [5.74, 6) is -0.142. The molecule has 4 aliphatic rings. The number of aliphatic hydroxyl groups excluding tert-OH is 1. The van der Waals surface area contributed by atoms with E-state index in [2.05, 4.69) is 17.4 Å². The molecule has 0 aromatic heterocycles. The summed E-state index contributed by atoms with van der Waals surface area (Å²) in [6.07, 6.45) is 2.21. The standard InChI is InChI=1S/C29H34N2O6/c32-17-26-28-24(14-22(37-26)15-27(33)31-10-7-18-3-1-2-4-19(18)16-31)23-13-20(30-29(28)34)5-6-25(23)36-21-8-11-35-12-9-21/h1-6,13,21-22,24,26,28,32H,7-12,14-17H2,(H,30,34)/t22-,24-,26-,28+/m1/s1. The normalized spacial score (nSPS) is 27.5. The molecule has 0 saturated carbocycles. The Hall–Kier alpha value is -2.94. The third kappa shape index (κ3) is 4.98. The monoisotopic (exact) mass is 506 g/mol. The minimum absolute atomic E-state index is 0.0418. The first kappa shape index (κ1) is 24.4. The zero-order valence-corrected chi connectivity index (χ0v) is 20.9. The van der Waals surface area contributed by atoms with Crippen molar-refractivity contribution in [3.63, 3.8) is 0 Å². The van der Waals surface area contributed by atoms with E-state index in [-0.39, 0.29) is 36.9 Å². The van der Waals surface area contributed by atoms with Crippen LogP contribution >= 0.6 is 0 Å². The number of hydrogen-bond donors (Lipinski definition) is 2. The fourth-order valence-electron chi connectivity index (χ4n) is 6.29. The molecule has 6 rings (SSSR count). The zero-order valence-electron chi connectivity index (χ0n) is 20.9. The van der Waals surface area contributed by atoms with E-state index in [0.717, 1.165) is 30.6 Å². The van der Waals surface area contributed by atoms with Gasteiger partial charge in [0.2, 0.25) is 11.8 Å². The smallest absolute Gasteiger partial charge is 0.230 e. The third-order valence-electron chi connectivity index (χ3n) is 8.23. The molecule has 37 heavy (non-hydrogen) atoms. The number of ether oxygens (including phenoxy) is 3. The van der Waals surface area contributed by atoms with Gasteiger partial charge < -0.3 is 29.5 Å². The zero-order chi connectivity index (χ0) is 25.4. The number of nitrogens with zero attached hydrogens (tertiary/aromatic N) is 1. The molecule has 2 bridgehead atoms. The van der Waals surface area contributed by atoms with Crippen LogP contribution in [0.25, 0.3) is 0 Å². The van der Waals surface area contributed by atoms with Crippen molar-refractivity contribution < 1.29 is 28.9 Å². The number of carbonyl (C=O) groups excluding carboxylic acids is 2. The van der Waals surface area contributed by atoms with E-state index in [9.17, 15) is 14.7 Å². The summed E-state index contributed by atoms with van der Waals surface area (Å²) in [7, 11) is 0. The summed E-state index contributed by atoms with van der Waals surface area (Å²) < 4.78 is 18.1. The largest absolute Gasteiger partial charge is 0.490 e. The topological polar surface area (TPSA) is 97.3 Å². The predicted molar refractivity (Wildman–Crippen MR) is 136 cm³/mol. The second kappa shape index (κ2) is 10.4. The number of fused-ring (bicyclic) bond motifs is 5. The molecule has 8 nitrogen and oxygen atoms in total. The summed E-state index contributed by atoms with van der Waals surface area (Å²) >= 11 is 0. The van der Waals surface area contributed by atoms with Gasteiger partial charge >= 0.3 is 0 Å². The van der Waals surface area contributed by atoms with Gasteiger partial charge in [-0.1, -0.05) is 24.3 Å². The van der Waals surface area contributed by atoms with Crippen LogP contribution in [0.4, 0.5) is 5.69 Å². The van der Waals surface area contributed by atoms with Crippen LogP contribution in [0.3, 0.4) is 0 Å². The van der Waals surface area contributed by atoms with Crippen molar-refractivity contribution in [2.24, 2.45) is 5.92 Å². The quantitative estimate of drug-likeness (QED) is 0.647. The van der Waals surface area contributed by atoms with Crippen molar-refractivity contribution in [3.8, 4) is 5.75 Å². The molecule has 4 aliphatic heterocycles. The Morgan fingerprint density at radius 2 is 1.95 bits per heavy atom. The van der Waals surface area contributed by atoms with Crippen LogP contribution in [0.1, 0.15) is 48.3 Å². The number of nitrogens with one attached hydrogen (secondary N) is 1. The van der Waals surface area contributed by atoms with E-state index in [1.54, 1.807) is 0 Å². The number of rotatable bonds is 5. The SMILES string of the molecule is O=C1Nc2ccc(OC3CCOCC3)c(c2)[C@H]2C[C@H](CC(=O)N3CCc4ccccc4C3)O[C@H](CO)[C@@H]12. The van der Waals surface area contributed by atoms with E-state index < -0.39 is 18.1 Å². The van der Waals surface area contributed by atoms with Crippen molar-refractivity contribution in [2.75, 3.05) is 31.7 Å². The van der Waals surface area contributed by atoms with Crippen LogP contribution in [0.2, 0.25) is 0 Å². The summed E-state index contributed by atoms with van der Waals surface area (Å²) in [6.45, 7) is 2.35. The molecule has 2 aromatic carbocycles. The van der Waals surface area contributed by atoms with Gasteiger partial charge in [0, 0.05) is 43.1 Å². The number of benzene rings is 2. The lowest BCUT2D eigenvalue weighted by Crippen LogP contribution is -2.48. The summed E-state index contributed by atoms with van der Waals surface area (Å²) in [5, 5.41) is 13.2. The molecular formula is C29H34N2O6. The summed E-state index contributed by atoms with van der Waals surface area (Å²) in [5.41, 5.74) is 4.14. The van der Waals surface area contributed by atoms with Crippen LogP contribution in [0.15, 0.2) is 42.5 Å². The molecule has 2 aromatic rings. The molecule has 196 valence electrons. The Balaban J connectivity index is 1.22. The lowest BCUT2D eigenvalue weighted by atomic mass is 9.76. The van der Waals surface area contributed by atoms with Gasteiger partial charge in [0.15, 0.2) is 0 Å². The minimum Gasteiger partial charge on any atom is -0.490 e. The summed E-state index contributed by atoms with van der Waals surface area (Å²) in [6, 6.07) is 14.0. The highest BCUT2D eigenvalue weighted by Crippen LogP contribution is 2.46. The maximum atomic E-state index is 13.3. The van der Waals surface area contributed by atoms with Crippen molar-refractivity contribution in [1.82, 2.24) is 4.90 Å². The van der Waals surface area contributed by atoms with Gasteiger partial charge in [-0.3, -0.25) is 9.59 Å². The molecule has 0 unspecified atom stereocenters. The first-order chi connectivity index (χ1) is 18.1. The van der Waals surface area contributed by atoms with Crippen molar-refractivity contribution in [1.29, 1.82) is 0 Å². The second-order valence-electron chi connectivity index (χ2n) is 10.6. The number of amides is 2. The van der Waals surface area contributed by atoms with Crippen LogP contribution in [0.5, 0.6) is 5.75 Å². The van der Waals surface area contributed by atoms with Gasteiger partial charge in [-0.15, -0.1) is 0 Å². The molecule has 0 radical (unpaired) electrons. The molecule has 0 spiro atoms. The second-order valence-corrected chi connectivity index (χ2v) is 10.6.